The lowest BCUT2D eigenvalue weighted by Crippen LogP contribution is -2.33. The molecule has 110 valence electrons. The third-order valence-corrected chi connectivity index (χ3v) is 3.92. The molecule has 1 N–H and O–H groups in total. The largest absolute Gasteiger partial charge is 0.379 e. The highest BCUT2D eigenvalue weighted by Crippen LogP contribution is 2.32. The minimum Gasteiger partial charge on any atom is -0.379 e. The van der Waals surface area contributed by atoms with E-state index in [2.05, 4.69) is 65.6 Å². The Kier molecular flexibility index (Phi) is 6.02. The summed E-state index contributed by atoms with van der Waals surface area (Å²) in [6.45, 7) is 11.6. The van der Waals surface area contributed by atoms with Gasteiger partial charge in [-0.3, -0.25) is 4.68 Å². The van der Waals surface area contributed by atoms with Crippen LogP contribution in [0, 0.1) is 0 Å². The smallest absolute Gasteiger partial charge is 0.0699 e. The van der Waals surface area contributed by atoms with Gasteiger partial charge in [-0.1, -0.05) is 6.92 Å². The van der Waals surface area contributed by atoms with Crippen molar-refractivity contribution in [3.8, 4) is 0 Å². The van der Waals surface area contributed by atoms with Crippen molar-refractivity contribution in [3.63, 3.8) is 0 Å². The van der Waals surface area contributed by atoms with E-state index < -0.39 is 0 Å². The molecule has 0 aromatic carbocycles. The van der Waals surface area contributed by atoms with Crippen LogP contribution in [0.3, 0.4) is 0 Å². The first-order chi connectivity index (χ1) is 8.82. The number of aromatic nitrogens is 2. The molecule has 0 aliphatic rings. The minimum atomic E-state index is -0.168. The molecule has 1 aromatic heterocycles. The summed E-state index contributed by atoms with van der Waals surface area (Å²) in [7, 11) is 1.76. The topological polar surface area (TPSA) is 39.1 Å². The predicted octanol–water partition coefficient (Wildman–Crippen LogP) is 3.69. The fourth-order valence-electron chi connectivity index (χ4n) is 2.18. The number of nitrogens with zero attached hydrogens (tertiary/aromatic N) is 2. The standard InChI is InChI=1S/C14H26BrN3O/c1-7-16-12(8-14(4,5)19-6)13-11(15)9-17-18(13)10(2)3/h9-10,12,16H,7-8H2,1-6H3. The molecule has 0 saturated heterocycles. The normalized spacial score (nSPS) is 14.1. The molecule has 1 aromatic rings. The second-order valence-electron chi connectivity index (χ2n) is 5.69. The van der Waals surface area contributed by atoms with E-state index in [1.165, 1.54) is 5.69 Å². The first-order valence-electron chi connectivity index (χ1n) is 6.83. The zero-order valence-electron chi connectivity index (χ0n) is 12.8. The van der Waals surface area contributed by atoms with Crippen molar-refractivity contribution in [3.05, 3.63) is 16.4 Å². The molecule has 0 aliphatic heterocycles. The molecule has 1 heterocycles. The van der Waals surface area contributed by atoms with Gasteiger partial charge in [-0.25, -0.2) is 0 Å². The number of methoxy groups -OCH3 is 1. The van der Waals surface area contributed by atoms with E-state index in [0.29, 0.717) is 6.04 Å². The second-order valence-corrected chi connectivity index (χ2v) is 6.55. The van der Waals surface area contributed by atoms with Crippen LogP contribution in [0.1, 0.15) is 58.8 Å². The number of halogens is 1. The van der Waals surface area contributed by atoms with Gasteiger partial charge < -0.3 is 10.1 Å². The van der Waals surface area contributed by atoms with Gasteiger partial charge in [0.1, 0.15) is 0 Å². The van der Waals surface area contributed by atoms with Crippen molar-refractivity contribution in [1.29, 1.82) is 0 Å². The van der Waals surface area contributed by atoms with E-state index in [0.717, 1.165) is 17.4 Å². The molecule has 19 heavy (non-hydrogen) atoms. The molecule has 0 aliphatic carbocycles. The van der Waals surface area contributed by atoms with Crippen LogP contribution in [0.4, 0.5) is 0 Å². The van der Waals surface area contributed by atoms with E-state index >= 15 is 0 Å². The van der Waals surface area contributed by atoms with Crippen LogP contribution in [-0.2, 0) is 4.74 Å². The Morgan fingerprint density at radius 3 is 2.58 bits per heavy atom. The Morgan fingerprint density at radius 2 is 2.11 bits per heavy atom. The SMILES string of the molecule is CCNC(CC(C)(C)OC)c1c(Br)cnn1C(C)C. The van der Waals surface area contributed by atoms with Crippen LogP contribution in [0.25, 0.3) is 0 Å². The van der Waals surface area contributed by atoms with Gasteiger partial charge in [0.05, 0.1) is 28.0 Å². The van der Waals surface area contributed by atoms with Crippen LogP contribution < -0.4 is 5.32 Å². The molecule has 0 radical (unpaired) electrons. The maximum Gasteiger partial charge on any atom is 0.0699 e. The first kappa shape index (κ1) is 16.7. The van der Waals surface area contributed by atoms with Crippen LogP contribution in [0.5, 0.6) is 0 Å². The average Bonchev–Trinajstić information content (AvgIpc) is 2.70. The zero-order valence-corrected chi connectivity index (χ0v) is 14.4. The zero-order chi connectivity index (χ0) is 14.6. The van der Waals surface area contributed by atoms with Gasteiger partial charge in [0.15, 0.2) is 0 Å². The molecule has 0 fully saturated rings. The number of nitrogens with one attached hydrogen (secondary N) is 1. The molecule has 5 heteroatoms. The Hall–Kier alpha value is -0.390. The van der Waals surface area contributed by atoms with Gasteiger partial charge in [-0.2, -0.15) is 5.10 Å². The highest BCUT2D eigenvalue weighted by atomic mass is 79.9. The van der Waals surface area contributed by atoms with E-state index in [9.17, 15) is 0 Å². The Morgan fingerprint density at radius 1 is 1.47 bits per heavy atom. The van der Waals surface area contributed by atoms with E-state index in [4.69, 9.17) is 4.74 Å². The van der Waals surface area contributed by atoms with Gasteiger partial charge in [-0.05, 0) is 56.6 Å². The lowest BCUT2D eigenvalue weighted by Gasteiger charge is -2.30. The molecule has 4 nitrogen and oxygen atoms in total. The summed E-state index contributed by atoms with van der Waals surface area (Å²) < 4.78 is 8.70. The third-order valence-electron chi connectivity index (χ3n) is 3.31. The van der Waals surface area contributed by atoms with Crippen LogP contribution in [0.15, 0.2) is 10.7 Å². The highest BCUT2D eigenvalue weighted by Gasteiger charge is 2.28. The maximum absolute atomic E-state index is 5.57. The van der Waals surface area contributed by atoms with E-state index in [1.54, 1.807) is 7.11 Å². The monoisotopic (exact) mass is 331 g/mol. The summed E-state index contributed by atoms with van der Waals surface area (Å²) in [6, 6.07) is 0.562. The average molecular weight is 332 g/mol. The summed E-state index contributed by atoms with van der Waals surface area (Å²) in [5.74, 6) is 0. The lowest BCUT2D eigenvalue weighted by molar-refractivity contribution is 0.00610. The quantitative estimate of drug-likeness (QED) is 0.828. The molecule has 0 bridgehead atoms. The summed E-state index contributed by atoms with van der Waals surface area (Å²) in [6.07, 6.45) is 2.77. The van der Waals surface area contributed by atoms with Gasteiger partial charge in [-0.15, -0.1) is 0 Å². The van der Waals surface area contributed by atoms with Crippen molar-refractivity contribution in [1.82, 2.24) is 15.1 Å². The molecule has 0 amide bonds. The van der Waals surface area contributed by atoms with Crippen LogP contribution in [-0.4, -0.2) is 29.0 Å². The summed E-state index contributed by atoms with van der Waals surface area (Å²) in [5.41, 5.74) is 1.03. The van der Waals surface area contributed by atoms with Crippen molar-refractivity contribution in [2.45, 2.75) is 58.7 Å². The van der Waals surface area contributed by atoms with E-state index in [1.807, 2.05) is 6.20 Å². The molecular weight excluding hydrogens is 306 g/mol. The number of hydrogen-bond donors (Lipinski definition) is 1. The van der Waals surface area contributed by atoms with Crippen LogP contribution >= 0.6 is 15.9 Å². The summed E-state index contributed by atoms with van der Waals surface area (Å²) in [5, 5.41) is 8.00. The molecule has 0 saturated carbocycles. The Balaban J connectivity index is 3.08. The van der Waals surface area contributed by atoms with Crippen molar-refractivity contribution in [2.75, 3.05) is 13.7 Å². The molecular formula is C14H26BrN3O. The third kappa shape index (κ3) is 4.29. The molecule has 1 unspecified atom stereocenters. The maximum atomic E-state index is 5.57. The van der Waals surface area contributed by atoms with E-state index in [-0.39, 0.29) is 11.6 Å². The number of ether oxygens (including phenoxy) is 1. The number of rotatable bonds is 7. The van der Waals surface area contributed by atoms with Crippen molar-refractivity contribution >= 4 is 15.9 Å². The second kappa shape index (κ2) is 6.86. The Labute approximate surface area is 125 Å². The van der Waals surface area contributed by atoms with Gasteiger partial charge in [0, 0.05) is 13.2 Å². The minimum absolute atomic E-state index is 0.168. The highest BCUT2D eigenvalue weighted by molar-refractivity contribution is 9.10. The van der Waals surface area contributed by atoms with Crippen molar-refractivity contribution < 1.29 is 4.74 Å². The first-order valence-corrected chi connectivity index (χ1v) is 7.63. The molecule has 1 rings (SSSR count). The van der Waals surface area contributed by atoms with Gasteiger partial charge in [0.2, 0.25) is 0 Å². The lowest BCUT2D eigenvalue weighted by atomic mass is 9.96. The van der Waals surface area contributed by atoms with Crippen molar-refractivity contribution in [2.24, 2.45) is 0 Å². The van der Waals surface area contributed by atoms with Gasteiger partial charge >= 0.3 is 0 Å². The molecule has 1 atom stereocenters. The summed E-state index contributed by atoms with van der Waals surface area (Å²) in [4.78, 5) is 0. The summed E-state index contributed by atoms with van der Waals surface area (Å²) >= 11 is 3.62. The fraction of sp³-hybridized carbons (Fsp3) is 0.786. The van der Waals surface area contributed by atoms with Crippen LogP contribution in [0.2, 0.25) is 0 Å². The number of hydrogen-bond acceptors (Lipinski definition) is 3. The Bertz CT molecular complexity index is 401. The molecule has 0 spiro atoms. The predicted molar refractivity (Wildman–Crippen MR) is 82.4 cm³/mol. The fourth-order valence-corrected chi connectivity index (χ4v) is 2.72. The van der Waals surface area contributed by atoms with Gasteiger partial charge in [0.25, 0.3) is 0 Å².